The molecule has 0 amide bonds. The number of methoxy groups -OCH3 is 1. The molecule has 0 N–H and O–H groups in total. The molecular weight excluding hydrogens is 254 g/mol. The fourth-order valence-electron chi connectivity index (χ4n) is 1.84. The number of pyridine rings is 1. The lowest BCUT2D eigenvalue weighted by Gasteiger charge is -2.09. The van der Waals surface area contributed by atoms with Crippen LogP contribution in [0, 0.1) is 13.8 Å². The Morgan fingerprint density at radius 2 is 1.90 bits per heavy atom. The maximum absolute atomic E-state index is 12.1. The van der Waals surface area contributed by atoms with Crippen LogP contribution < -0.4 is 4.74 Å². The number of ether oxygens (including phenoxy) is 2. The molecule has 0 aliphatic heterocycles. The van der Waals surface area contributed by atoms with Crippen molar-refractivity contribution in [1.82, 2.24) is 4.98 Å². The van der Waals surface area contributed by atoms with Gasteiger partial charge in [-0.2, -0.15) is 0 Å². The molecular formula is C16H17NO3. The molecule has 104 valence electrons. The van der Waals surface area contributed by atoms with Gasteiger partial charge >= 0.3 is 5.97 Å². The lowest BCUT2D eigenvalue weighted by Crippen LogP contribution is -2.08. The molecule has 0 unspecified atom stereocenters. The zero-order chi connectivity index (χ0) is 14.5. The fourth-order valence-corrected chi connectivity index (χ4v) is 1.84. The monoisotopic (exact) mass is 271 g/mol. The van der Waals surface area contributed by atoms with E-state index < -0.39 is 0 Å². The number of aryl methyl sites for hydroxylation is 1. The summed E-state index contributed by atoms with van der Waals surface area (Å²) in [4.78, 5) is 16.3. The number of aromatic nitrogens is 1. The van der Waals surface area contributed by atoms with Crippen molar-refractivity contribution in [3.8, 4) is 5.88 Å². The van der Waals surface area contributed by atoms with Gasteiger partial charge in [-0.05, 0) is 37.1 Å². The molecule has 4 heteroatoms. The Bertz CT molecular complexity index is 623. The van der Waals surface area contributed by atoms with Crippen molar-refractivity contribution < 1.29 is 14.3 Å². The van der Waals surface area contributed by atoms with Crippen LogP contribution in [-0.2, 0) is 11.3 Å². The normalized spacial score (nSPS) is 10.2. The van der Waals surface area contributed by atoms with Crippen LogP contribution in [-0.4, -0.2) is 18.1 Å². The van der Waals surface area contributed by atoms with Crippen LogP contribution in [0.3, 0.4) is 0 Å². The summed E-state index contributed by atoms with van der Waals surface area (Å²) in [5, 5.41) is 0. The Labute approximate surface area is 118 Å². The zero-order valence-corrected chi connectivity index (χ0v) is 11.8. The Kier molecular flexibility index (Phi) is 4.35. The van der Waals surface area contributed by atoms with E-state index in [0.29, 0.717) is 17.1 Å². The molecule has 0 atom stereocenters. The smallest absolute Gasteiger partial charge is 0.338 e. The van der Waals surface area contributed by atoms with Crippen molar-refractivity contribution in [2.45, 2.75) is 20.5 Å². The molecule has 4 nitrogen and oxygen atoms in total. The first-order valence-corrected chi connectivity index (χ1v) is 6.35. The maximum atomic E-state index is 12.1. The van der Waals surface area contributed by atoms with Crippen molar-refractivity contribution in [3.63, 3.8) is 0 Å². The first kappa shape index (κ1) is 14.1. The lowest BCUT2D eigenvalue weighted by atomic mass is 10.0. The van der Waals surface area contributed by atoms with Crippen molar-refractivity contribution in [2.75, 3.05) is 7.11 Å². The Morgan fingerprint density at radius 3 is 2.65 bits per heavy atom. The molecule has 0 aliphatic rings. The van der Waals surface area contributed by atoms with Crippen molar-refractivity contribution in [1.29, 1.82) is 0 Å². The Hall–Kier alpha value is -2.36. The third-order valence-corrected chi connectivity index (χ3v) is 3.17. The minimum absolute atomic E-state index is 0.128. The van der Waals surface area contributed by atoms with E-state index in [2.05, 4.69) is 4.98 Å². The van der Waals surface area contributed by atoms with Gasteiger partial charge in [0.05, 0.1) is 18.4 Å². The van der Waals surface area contributed by atoms with Crippen molar-refractivity contribution >= 4 is 5.97 Å². The molecule has 1 aromatic heterocycles. The predicted molar refractivity (Wildman–Crippen MR) is 75.8 cm³/mol. The molecule has 1 heterocycles. The van der Waals surface area contributed by atoms with Crippen molar-refractivity contribution in [2.24, 2.45) is 0 Å². The van der Waals surface area contributed by atoms with E-state index >= 15 is 0 Å². The quantitative estimate of drug-likeness (QED) is 0.802. The summed E-state index contributed by atoms with van der Waals surface area (Å²) in [7, 11) is 1.55. The van der Waals surface area contributed by atoms with Crippen LogP contribution in [0.2, 0.25) is 0 Å². The summed E-state index contributed by atoms with van der Waals surface area (Å²) in [6.07, 6.45) is 0. The summed E-state index contributed by atoms with van der Waals surface area (Å²) < 4.78 is 10.3. The number of hydrogen-bond donors (Lipinski definition) is 0. The van der Waals surface area contributed by atoms with Crippen LogP contribution in [0.1, 0.15) is 27.2 Å². The summed E-state index contributed by atoms with van der Waals surface area (Å²) >= 11 is 0. The highest BCUT2D eigenvalue weighted by atomic mass is 16.5. The number of benzene rings is 1. The molecule has 1 aromatic carbocycles. The summed E-state index contributed by atoms with van der Waals surface area (Å²) in [6.45, 7) is 4.01. The highest BCUT2D eigenvalue weighted by Crippen LogP contribution is 2.15. The van der Waals surface area contributed by atoms with Crippen LogP contribution in [0.5, 0.6) is 5.88 Å². The van der Waals surface area contributed by atoms with E-state index in [1.165, 1.54) is 0 Å². The van der Waals surface area contributed by atoms with Gasteiger partial charge in [0.15, 0.2) is 0 Å². The van der Waals surface area contributed by atoms with Crippen LogP contribution in [0.25, 0.3) is 0 Å². The SMILES string of the molecule is COc1cccc(COC(=O)c2cccc(C)c2C)n1. The largest absolute Gasteiger partial charge is 0.481 e. The fraction of sp³-hybridized carbons (Fsp3) is 0.250. The van der Waals surface area contributed by atoms with Gasteiger partial charge in [-0.1, -0.05) is 18.2 Å². The topological polar surface area (TPSA) is 48.4 Å². The van der Waals surface area contributed by atoms with Crippen LogP contribution in [0.4, 0.5) is 0 Å². The number of carbonyl (C=O) groups is 1. The van der Waals surface area contributed by atoms with Gasteiger partial charge in [0.1, 0.15) is 6.61 Å². The molecule has 2 rings (SSSR count). The molecule has 20 heavy (non-hydrogen) atoms. The number of carbonyl (C=O) groups excluding carboxylic acids is 1. The molecule has 0 radical (unpaired) electrons. The van der Waals surface area contributed by atoms with Gasteiger partial charge in [0, 0.05) is 6.07 Å². The third-order valence-electron chi connectivity index (χ3n) is 3.17. The van der Waals surface area contributed by atoms with E-state index in [9.17, 15) is 4.79 Å². The summed E-state index contributed by atoms with van der Waals surface area (Å²) in [5.74, 6) is 0.168. The second-order valence-electron chi connectivity index (χ2n) is 4.49. The van der Waals surface area contributed by atoms with E-state index in [-0.39, 0.29) is 12.6 Å². The minimum atomic E-state index is -0.337. The van der Waals surface area contributed by atoms with Gasteiger partial charge in [-0.15, -0.1) is 0 Å². The highest BCUT2D eigenvalue weighted by Gasteiger charge is 2.12. The van der Waals surface area contributed by atoms with Gasteiger partial charge in [-0.3, -0.25) is 0 Å². The minimum Gasteiger partial charge on any atom is -0.481 e. The lowest BCUT2D eigenvalue weighted by molar-refractivity contribution is 0.0466. The van der Waals surface area contributed by atoms with E-state index in [4.69, 9.17) is 9.47 Å². The van der Waals surface area contributed by atoms with E-state index in [1.807, 2.05) is 32.0 Å². The maximum Gasteiger partial charge on any atom is 0.338 e. The standard InChI is InChI=1S/C16H17NO3/c1-11-6-4-8-14(12(11)2)16(18)20-10-13-7-5-9-15(17-13)19-3/h4-9H,10H2,1-3H3. The van der Waals surface area contributed by atoms with Gasteiger partial charge < -0.3 is 9.47 Å². The first-order chi connectivity index (χ1) is 9.61. The molecule has 0 bridgehead atoms. The number of nitrogens with zero attached hydrogens (tertiary/aromatic N) is 1. The second-order valence-corrected chi connectivity index (χ2v) is 4.49. The molecule has 0 saturated carbocycles. The van der Waals surface area contributed by atoms with E-state index in [1.54, 1.807) is 25.3 Å². The van der Waals surface area contributed by atoms with Crippen LogP contribution in [0.15, 0.2) is 36.4 Å². The molecule has 2 aromatic rings. The van der Waals surface area contributed by atoms with Gasteiger partial charge in [-0.25, -0.2) is 9.78 Å². The van der Waals surface area contributed by atoms with Crippen molar-refractivity contribution in [3.05, 3.63) is 58.8 Å². The summed E-state index contributed by atoms with van der Waals surface area (Å²) in [5.41, 5.74) is 3.26. The van der Waals surface area contributed by atoms with E-state index in [0.717, 1.165) is 11.1 Å². The molecule has 0 fully saturated rings. The third kappa shape index (κ3) is 3.15. The average molecular weight is 271 g/mol. The zero-order valence-electron chi connectivity index (χ0n) is 11.8. The van der Waals surface area contributed by atoms with Gasteiger partial charge in [0.2, 0.25) is 5.88 Å². The molecule has 0 aliphatic carbocycles. The molecule has 0 saturated heterocycles. The predicted octanol–water partition coefficient (Wildman–Crippen LogP) is 3.06. The van der Waals surface area contributed by atoms with Gasteiger partial charge in [0.25, 0.3) is 0 Å². The Morgan fingerprint density at radius 1 is 1.15 bits per heavy atom. The highest BCUT2D eigenvalue weighted by molar-refractivity contribution is 5.91. The number of hydrogen-bond acceptors (Lipinski definition) is 4. The number of rotatable bonds is 4. The number of esters is 1. The summed E-state index contributed by atoms with van der Waals surface area (Å²) in [6, 6.07) is 10.9. The Balaban J connectivity index is 2.06. The first-order valence-electron chi connectivity index (χ1n) is 6.35. The molecule has 0 spiro atoms. The average Bonchev–Trinajstić information content (AvgIpc) is 2.48. The van der Waals surface area contributed by atoms with Crippen LogP contribution >= 0.6 is 0 Å². The second kappa shape index (κ2) is 6.19.